The van der Waals surface area contributed by atoms with Gasteiger partial charge >= 0.3 is 0 Å². The minimum absolute atomic E-state index is 0.766. The Morgan fingerprint density at radius 2 is 0.684 bits per heavy atom. The van der Waals surface area contributed by atoms with Gasteiger partial charge in [-0.25, -0.2) is 0 Å². The highest BCUT2D eigenvalue weighted by molar-refractivity contribution is 5.73. The van der Waals surface area contributed by atoms with Crippen LogP contribution in [0.25, 0.3) is 0 Å². The maximum Gasteiger partial charge on any atom is 0.217 e. The lowest BCUT2D eigenvalue weighted by Gasteiger charge is -2.50. The van der Waals surface area contributed by atoms with Crippen LogP contribution in [0, 0.1) is 0 Å². The number of carbonyl (C=O) groups is 1. The topological polar surface area (TPSA) is 734 Å². The summed E-state index contributed by atoms with van der Waals surface area (Å²) in [6, 6.07) is -1.56. The molecule has 0 aliphatic carbocycles. The van der Waals surface area contributed by atoms with Gasteiger partial charge in [-0.3, -0.25) is 4.79 Å². The van der Waals surface area contributed by atoms with Crippen LogP contribution in [-0.4, -0.2) is 466 Å². The number of amides is 1. The Balaban J connectivity index is 1.11. The van der Waals surface area contributed by atoms with E-state index >= 15 is 0 Å². The first-order valence-corrected chi connectivity index (χ1v) is 30.9. The molecule has 8 fully saturated rings. The van der Waals surface area contributed by atoms with E-state index in [-0.39, 0.29) is 0 Å². The fourth-order valence-corrected chi connectivity index (χ4v) is 12.2. The highest BCUT2D eigenvalue weighted by Gasteiger charge is 2.60. The molecule has 8 aliphatic heterocycles. The molecule has 45 heteroatoms. The van der Waals surface area contributed by atoms with E-state index in [2.05, 4.69) is 5.32 Å². The minimum Gasteiger partial charge on any atom is -0.394 e. The molecule has 0 saturated carbocycles. The third-order valence-corrected chi connectivity index (χ3v) is 18.0. The second-order valence-electron chi connectivity index (χ2n) is 24.7. The van der Waals surface area contributed by atoms with E-state index in [1.165, 1.54) is 0 Å². The van der Waals surface area contributed by atoms with Gasteiger partial charge in [-0.2, -0.15) is 0 Å². The first-order valence-electron chi connectivity index (χ1n) is 30.9. The summed E-state index contributed by atoms with van der Waals surface area (Å²) in [6.45, 7) is -7.45. The summed E-state index contributed by atoms with van der Waals surface area (Å²) in [5.74, 6) is -0.766. The zero-order valence-corrected chi connectivity index (χ0v) is 51.5. The first kappa shape index (κ1) is 81.4. The van der Waals surface area contributed by atoms with E-state index in [1.54, 1.807) is 0 Å². The summed E-state index contributed by atoms with van der Waals surface area (Å²) in [7, 11) is 0. The number of hydrogen-bond acceptors (Lipinski definition) is 44. The molecule has 8 saturated heterocycles. The van der Waals surface area contributed by atoms with Crippen molar-refractivity contribution in [3.05, 3.63) is 0 Å². The number of hydrogen-bond donors (Lipinski definition) is 29. The van der Waals surface area contributed by atoms with Crippen LogP contribution in [-0.2, 0) is 75.8 Å². The van der Waals surface area contributed by atoms with E-state index in [4.69, 9.17) is 71.1 Å². The lowest BCUT2D eigenvalue weighted by atomic mass is 9.93. The Labute approximate surface area is 552 Å². The van der Waals surface area contributed by atoms with Crippen LogP contribution in [0.1, 0.15) is 6.92 Å². The fraction of sp³-hybridized carbons (Fsp3) is 0.981. The van der Waals surface area contributed by atoms with Crippen molar-refractivity contribution in [3.8, 4) is 0 Å². The van der Waals surface area contributed by atoms with Gasteiger partial charge in [-0.1, -0.05) is 0 Å². The predicted molar refractivity (Wildman–Crippen MR) is 294 cm³/mol. The smallest absolute Gasteiger partial charge is 0.217 e. The average molecular weight is 1450 g/mol. The lowest BCUT2D eigenvalue weighted by Crippen LogP contribution is -2.69. The van der Waals surface area contributed by atoms with Crippen LogP contribution in [0.4, 0.5) is 0 Å². The number of carbonyl (C=O) groups excluding carboxylic acids is 1. The van der Waals surface area contributed by atoms with Gasteiger partial charge in [-0.15, -0.1) is 0 Å². The molecule has 0 aromatic rings. The molecule has 0 aromatic heterocycles. The molecule has 43 atom stereocenters. The van der Waals surface area contributed by atoms with Gasteiger partial charge in [0.2, 0.25) is 5.91 Å². The molecule has 0 bridgehead atoms. The minimum atomic E-state index is -2.63. The highest BCUT2D eigenvalue weighted by Crippen LogP contribution is 2.39. The van der Waals surface area contributed by atoms with Gasteiger partial charge in [0.05, 0.1) is 52.9 Å². The van der Waals surface area contributed by atoms with Gasteiger partial charge in [0.15, 0.2) is 50.3 Å². The van der Waals surface area contributed by atoms with Crippen molar-refractivity contribution < 1.29 is 219 Å². The van der Waals surface area contributed by atoms with Crippen LogP contribution in [0.5, 0.6) is 0 Å². The molecule has 98 heavy (non-hydrogen) atoms. The fourth-order valence-electron chi connectivity index (χ4n) is 12.2. The maximum atomic E-state index is 12.3. The normalized spacial score (nSPS) is 50.7. The average Bonchev–Trinajstić information content (AvgIpc) is 0.768. The van der Waals surface area contributed by atoms with Crippen molar-refractivity contribution in [1.82, 2.24) is 5.32 Å². The molecule has 45 nitrogen and oxygen atoms in total. The van der Waals surface area contributed by atoms with Gasteiger partial charge in [-0.05, 0) is 0 Å². The third-order valence-electron chi connectivity index (χ3n) is 18.0. The molecule has 0 unspecified atom stereocenters. The van der Waals surface area contributed by atoms with Crippen molar-refractivity contribution >= 4 is 5.91 Å². The van der Waals surface area contributed by atoms with E-state index in [1.807, 2.05) is 0 Å². The van der Waals surface area contributed by atoms with E-state index in [9.17, 15) is 148 Å². The molecule has 8 heterocycles. The molecule has 572 valence electrons. The molecule has 0 radical (unpaired) electrons. The van der Waals surface area contributed by atoms with Gasteiger partial charge in [0.1, 0.15) is 214 Å². The maximum absolute atomic E-state index is 12.3. The van der Waals surface area contributed by atoms with E-state index < -0.39 is 323 Å². The summed E-state index contributed by atoms with van der Waals surface area (Å²) in [4.78, 5) is 12.1. The quantitative estimate of drug-likeness (QED) is 0.0382. The SMILES string of the molecule is CC(=O)N[C@H]1[C@H](OC[C@H]2O[C@H](O[C@H]3[C@@H](O[C@@H]4[C@@H](O)[C@@H](O[C@@H]5[C@H](O)[C@@H](O[C@H]6[C@H](O)[C@@H]([C@@H](O)CO)O[C@H](O)[C@H]6O)O[C@H]([C@@H](O)CO[C@H]6O[C@H]([C@@H](O)CO)[C@@H](O)[C@H](O)[C@@H]6O)[C@H]5O)O[C@H](CO[C@H]5O[C@H](CO)[C@H](O)[C@H](O)[C@H]5O)[C@H]4O)O[C@H](CO)[C@@H](O)[C@@H]3O)[C@H](O)[C@@H](O)[C@@H]2O)O[C@H](CO)[C@@H](O)[C@@H]1O. The van der Waals surface area contributed by atoms with Crippen LogP contribution in [0.3, 0.4) is 0 Å². The molecule has 0 spiro atoms. The van der Waals surface area contributed by atoms with Crippen molar-refractivity contribution in [1.29, 1.82) is 0 Å². The Morgan fingerprint density at radius 1 is 0.327 bits per heavy atom. The molecule has 29 N–H and O–H groups in total. The van der Waals surface area contributed by atoms with Crippen LogP contribution in [0.2, 0.25) is 0 Å². The van der Waals surface area contributed by atoms with Crippen LogP contribution in [0.15, 0.2) is 0 Å². The second kappa shape index (κ2) is 35.2. The monoisotopic (exact) mass is 1450 g/mol. The first-order chi connectivity index (χ1) is 46.2. The zero-order chi connectivity index (χ0) is 72.4. The summed E-state index contributed by atoms with van der Waals surface area (Å²) >= 11 is 0. The van der Waals surface area contributed by atoms with Crippen LogP contribution < -0.4 is 5.32 Å². The predicted octanol–water partition coefficient (Wildman–Crippen LogP) is -20.2. The Kier molecular flexibility index (Phi) is 29.3. The van der Waals surface area contributed by atoms with Gasteiger partial charge in [0.25, 0.3) is 0 Å². The highest BCUT2D eigenvalue weighted by atomic mass is 16.8. The Morgan fingerprint density at radius 3 is 1.21 bits per heavy atom. The Hall–Kier alpha value is -2.25. The molecule has 0 aromatic carbocycles. The molecule has 8 aliphatic rings. The van der Waals surface area contributed by atoms with Gasteiger partial charge < -0.3 is 219 Å². The molecular weight excluding hydrogens is 1350 g/mol. The lowest BCUT2D eigenvalue weighted by molar-refractivity contribution is -0.404. The number of nitrogens with one attached hydrogen (secondary N) is 1. The van der Waals surface area contributed by atoms with Crippen molar-refractivity contribution in [2.45, 2.75) is 271 Å². The summed E-state index contributed by atoms with van der Waals surface area (Å²) < 4.78 is 85.0. The van der Waals surface area contributed by atoms with Gasteiger partial charge in [0, 0.05) is 6.92 Å². The summed E-state index contributed by atoms with van der Waals surface area (Å²) in [5, 5.41) is 307. The van der Waals surface area contributed by atoms with Crippen LogP contribution >= 0.6 is 0 Å². The molecule has 8 rings (SSSR count). The number of aliphatic hydroxyl groups excluding tert-OH is 28. The second-order valence-corrected chi connectivity index (χ2v) is 24.7. The van der Waals surface area contributed by atoms with Crippen molar-refractivity contribution in [3.63, 3.8) is 0 Å². The number of aliphatic hydroxyl groups is 28. The summed E-state index contributed by atoms with van der Waals surface area (Å²) in [6.07, 6.45) is -91.2. The van der Waals surface area contributed by atoms with E-state index in [0.717, 1.165) is 6.92 Å². The van der Waals surface area contributed by atoms with E-state index in [0.29, 0.717) is 0 Å². The largest absolute Gasteiger partial charge is 0.394 e. The number of rotatable bonds is 26. The Bertz CT molecular complexity index is 2420. The molecular formula is C53H91NO44. The van der Waals surface area contributed by atoms with Crippen molar-refractivity contribution in [2.75, 3.05) is 52.9 Å². The number of ether oxygens (including phenoxy) is 15. The van der Waals surface area contributed by atoms with Crippen molar-refractivity contribution in [2.24, 2.45) is 0 Å². The summed E-state index contributed by atoms with van der Waals surface area (Å²) in [5.41, 5.74) is 0. The molecule has 1 amide bonds. The standard InChI is InChI=1S/C53H91NO44/c1-10(60)54-19-25(69)20(64)14(4-57)87-47(19)85-8-17-23(67)27(71)33(77)50(90-17)98-45-29(73)22(66)16(6-59)89-53(45)97-42-24(68)18(9-86-48-31(75)26(70)21(65)15(5-58)88-48)91-51(37(42)81)96-44-35(79)41(13(63)7-84-49-32(76)28(72)30(74)39(93-49)11(61)2-55)94-52(38(44)82)95-43-34(78)40(12(62)3-56)92-46(83)36(43)80/h11-53,55-59,61-83H,2-9H2,1H3,(H,54,60)/t11-,12-,13-,14+,15+,16+,17+,18+,19+,20+,21-,22+,23+,24+,25+,26-,27-,28-,29-,30-,31+,32-,33+,34+,35+,36-,37+,38-,39+,40+,41+,42-,43-,44-,45+,46-,47+,48-,49-,50+,51+,52+,53+/m0/s1. The third kappa shape index (κ3) is 17.5. The zero-order valence-electron chi connectivity index (χ0n) is 51.5.